The number of rotatable bonds is 3. The molecule has 1 nitrogen and oxygen atoms in total. The van der Waals surface area contributed by atoms with E-state index in [9.17, 15) is 8.78 Å². The van der Waals surface area contributed by atoms with Crippen LogP contribution in [0.5, 0.6) is 0 Å². The molecule has 0 aliphatic carbocycles. The molecule has 0 unspecified atom stereocenters. The molecule has 2 rings (SSSR count). The van der Waals surface area contributed by atoms with Gasteiger partial charge in [0.05, 0.1) is 0 Å². The second kappa shape index (κ2) is 7.09. The van der Waals surface area contributed by atoms with Crippen LogP contribution >= 0.6 is 11.8 Å². The van der Waals surface area contributed by atoms with Crippen LogP contribution in [0.15, 0.2) is 47.4 Å². The van der Waals surface area contributed by atoms with Gasteiger partial charge in [0.25, 0.3) is 0 Å². The van der Waals surface area contributed by atoms with Crippen molar-refractivity contribution in [2.24, 2.45) is 0 Å². The molecular formula is C16H12F2OS. The van der Waals surface area contributed by atoms with Crippen LogP contribution in [0.3, 0.4) is 0 Å². The van der Waals surface area contributed by atoms with Gasteiger partial charge in [0.2, 0.25) is 0 Å². The maximum atomic E-state index is 13.8. The zero-order valence-corrected chi connectivity index (χ0v) is 11.4. The van der Waals surface area contributed by atoms with Gasteiger partial charge >= 0.3 is 0 Å². The summed E-state index contributed by atoms with van der Waals surface area (Å²) in [7, 11) is 0. The van der Waals surface area contributed by atoms with Gasteiger partial charge in [-0.2, -0.15) is 0 Å². The molecule has 2 aromatic carbocycles. The first-order valence-electron chi connectivity index (χ1n) is 5.95. The van der Waals surface area contributed by atoms with E-state index in [1.54, 1.807) is 24.3 Å². The molecule has 0 aromatic heterocycles. The maximum Gasteiger partial charge on any atom is 0.128 e. The number of aliphatic hydroxyl groups excluding tert-OH is 1. The summed E-state index contributed by atoms with van der Waals surface area (Å²) in [6.07, 6.45) is 0. The second-order valence-corrected chi connectivity index (χ2v) is 5.06. The monoisotopic (exact) mass is 290 g/mol. The van der Waals surface area contributed by atoms with Crippen LogP contribution in [0.25, 0.3) is 0 Å². The fourth-order valence-corrected chi connectivity index (χ4v) is 2.53. The van der Waals surface area contributed by atoms with Crippen LogP contribution in [0.2, 0.25) is 0 Å². The summed E-state index contributed by atoms with van der Waals surface area (Å²) in [4.78, 5) is 0.758. The van der Waals surface area contributed by atoms with Crippen LogP contribution in [-0.2, 0) is 5.75 Å². The van der Waals surface area contributed by atoms with Crippen molar-refractivity contribution in [2.45, 2.75) is 10.6 Å². The topological polar surface area (TPSA) is 20.2 Å². The van der Waals surface area contributed by atoms with Crippen LogP contribution in [0, 0.1) is 23.5 Å². The molecule has 0 spiro atoms. The third kappa shape index (κ3) is 4.09. The molecule has 0 aliphatic rings. The molecule has 0 saturated carbocycles. The summed E-state index contributed by atoms with van der Waals surface area (Å²) in [5, 5.41) is 8.58. The van der Waals surface area contributed by atoms with E-state index in [4.69, 9.17) is 5.11 Å². The highest BCUT2D eigenvalue weighted by Crippen LogP contribution is 2.24. The lowest BCUT2D eigenvalue weighted by Crippen LogP contribution is -1.89. The van der Waals surface area contributed by atoms with Gasteiger partial charge in [-0.25, -0.2) is 8.78 Å². The highest BCUT2D eigenvalue weighted by Gasteiger charge is 2.04. The summed E-state index contributed by atoms with van der Waals surface area (Å²) in [6, 6.07) is 10.9. The Hall–Kier alpha value is -1.83. The molecular weight excluding hydrogens is 278 g/mol. The lowest BCUT2D eigenvalue weighted by Gasteiger charge is -2.04. The van der Waals surface area contributed by atoms with E-state index in [-0.39, 0.29) is 18.2 Å². The average molecular weight is 290 g/mol. The minimum Gasteiger partial charge on any atom is -0.384 e. The van der Waals surface area contributed by atoms with Crippen LogP contribution in [0.4, 0.5) is 8.78 Å². The van der Waals surface area contributed by atoms with Gasteiger partial charge in [0, 0.05) is 16.2 Å². The molecule has 4 heteroatoms. The predicted octanol–water partition coefficient (Wildman–Crippen LogP) is 3.60. The number of aliphatic hydroxyl groups is 1. The normalized spacial score (nSPS) is 9.95. The number of benzene rings is 2. The average Bonchev–Trinajstić information content (AvgIpc) is 2.44. The molecule has 20 heavy (non-hydrogen) atoms. The van der Waals surface area contributed by atoms with Gasteiger partial charge in [-0.1, -0.05) is 24.0 Å². The molecule has 102 valence electrons. The highest BCUT2D eigenvalue weighted by atomic mass is 32.2. The van der Waals surface area contributed by atoms with Gasteiger partial charge in [0.1, 0.15) is 18.2 Å². The zero-order chi connectivity index (χ0) is 14.4. The first-order chi connectivity index (χ1) is 9.69. The van der Waals surface area contributed by atoms with Crippen LogP contribution in [0.1, 0.15) is 11.1 Å². The third-order valence-electron chi connectivity index (χ3n) is 2.56. The van der Waals surface area contributed by atoms with E-state index < -0.39 is 0 Å². The van der Waals surface area contributed by atoms with Crippen molar-refractivity contribution >= 4 is 11.8 Å². The summed E-state index contributed by atoms with van der Waals surface area (Å²) >= 11 is 1.37. The van der Waals surface area contributed by atoms with E-state index in [1.165, 1.54) is 30.0 Å². The van der Waals surface area contributed by atoms with Crippen molar-refractivity contribution in [1.82, 2.24) is 0 Å². The standard InChI is InChI=1S/C16H12F2OS/c17-14-4-1-5-15(10-14)20-11-13-7-6-12(3-2-8-19)9-16(13)18/h1,4-7,9-10,19H,8,11H2. The Morgan fingerprint density at radius 2 is 1.95 bits per heavy atom. The largest absolute Gasteiger partial charge is 0.384 e. The number of thioether (sulfide) groups is 1. The molecule has 0 amide bonds. The highest BCUT2D eigenvalue weighted by molar-refractivity contribution is 7.98. The Morgan fingerprint density at radius 3 is 2.65 bits per heavy atom. The van der Waals surface area contributed by atoms with Crippen molar-refractivity contribution in [3.63, 3.8) is 0 Å². The first kappa shape index (κ1) is 14.6. The van der Waals surface area contributed by atoms with Gasteiger partial charge in [-0.15, -0.1) is 11.8 Å². The van der Waals surface area contributed by atoms with Crippen molar-refractivity contribution in [1.29, 1.82) is 0 Å². The molecule has 0 aliphatic heterocycles. The Balaban J connectivity index is 2.06. The molecule has 0 heterocycles. The fraction of sp³-hybridized carbons (Fsp3) is 0.125. The van der Waals surface area contributed by atoms with Crippen LogP contribution < -0.4 is 0 Å². The van der Waals surface area contributed by atoms with E-state index >= 15 is 0 Å². The van der Waals surface area contributed by atoms with E-state index in [0.29, 0.717) is 16.9 Å². The van der Waals surface area contributed by atoms with Gasteiger partial charge in [-0.05, 0) is 35.9 Å². The number of halogens is 2. The Morgan fingerprint density at radius 1 is 1.10 bits per heavy atom. The molecule has 2 aromatic rings. The van der Waals surface area contributed by atoms with Crippen LogP contribution in [-0.4, -0.2) is 11.7 Å². The maximum absolute atomic E-state index is 13.8. The summed E-state index contributed by atoms with van der Waals surface area (Å²) < 4.78 is 26.9. The minimum atomic E-state index is -0.348. The fourth-order valence-electron chi connectivity index (χ4n) is 1.60. The first-order valence-corrected chi connectivity index (χ1v) is 6.94. The molecule has 0 bridgehead atoms. The Labute approximate surface area is 120 Å². The zero-order valence-electron chi connectivity index (χ0n) is 10.6. The van der Waals surface area contributed by atoms with Crippen molar-refractivity contribution in [3.8, 4) is 11.8 Å². The Kier molecular flexibility index (Phi) is 5.16. The molecule has 1 N–H and O–H groups in total. The summed E-state index contributed by atoms with van der Waals surface area (Å²) in [5.74, 6) is 4.88. The lowest BCUT2D eigenvalue weighted by atomic mass is 10.1. The van der Waals surface area contributed by atoms with Gasteiger partial charge < -0.3 is 5.11 Å². The molecule has 0 fully saturated rings. The molecule has 0 saturated heterocycles. The van der Waals surface area contributed by atoms with E-state index in [1.807, 2.05) is 0 Å². The summed E-state index contributed by atoms with van der Waals surface area (Å²) in [6.45, 7) is -0.251. The Bertz CT molecular complexity index is 659. The third-order valence-corrected chi connectivity index (χ3v) is 3.60. The molecule has 0 atom stereocenters. The van der Waals surface area contributed by atoms with Crippen molar-refractivity contribution in [2.75, 3.05) is 6.61 Å². The number of hydrogen-bond acceptors (Lipinski definition) is 2. The van der Waals surface area contributed by atoms with Gasteiger partial charge in [-0.3, -0.25) is 0 Å². The SMILES string of the molecule is OCC#Cc1ccc(CSc2cccc(F)c2)c(F)c1. The number of hydrogen-bond donors (Lipinski definition) is 1. The minimum absolute atomic E-state index is 0.251. The van der Waals surface area contributed by atoms with E-state index in [2.05, 4.69) is 11.8 Å². The van der Waals surface area contributed by atoms with E-state index in [0.717, 1.165) is 4.90 Å². The predicted molar refractivity (Wildman–Crippen MR) is 76.3 cm³/mol. The van der Waals surface area contributed by atoms with Gasteiger partial charge in [0.15, 0.2) is 0 Å². The second-order valence-electron chi connectivity index (χ2n) is 4.01. The summed E-state index contributed by atoms with van der Waals surface area (Å²) in [5.41, 5.74) is 1.06. The quantitative estimate of drug-likeness (QED) is 0.688. The smallest absolute Gasteiger partial charge is 0.128 e. The van der Waals surface area contributed by atoms with Crippen molar-refractivity contribution in [3.05, 3.63) is 65.2 Å². The lowest BCUT2D eigenvalue weighted by molar-refractivity contribution is 0.350. The molecule has 0 radical (unpaired) electrons. The van der Waals surface area contributed by atoms with Crippen molar-refractivity contribution < 1.29 is 13.9 Å².